The van der Waals surface area contributed by atoms with Gasteiger partial charge in [0.1, 0.15) is 18.9 Å². The third kappa shape index (κ3) is 8.81. The van der Waals surface area contributed by atoms with Crippen molar-refractivity contribution in [2.75, 3.05) is 19.8 Å². The molecule has 0 fully saturated rings. The highest BCUT2D eigenvalue weighted by Crippen LogP contribution is 1.86. The Morgan fingerprint density at radius 2 is 2.08 bits per heavy atom. The summed E-state index contributed by atoms with van der Waals surface area (Å²) in [5.41, 5.74) is 5.00. The van der Waals surface area contributed by atoms with Crippen LogP contribution < -0.4 is 5.73 Å². The molecule has 5 heteroatoms. The van der Waals surface area contributed by atoms with Gasteiger partial charge in [0, 0.05) is 6.61 Å². The van der Waals surface area contributed by atoms with E-state index in [2.05, 4.69) is 0 Å². The zero-order valence-corrected chi connectivity index (χ0v) is 7.84. The van der Waals surface area contributed by atoms with Crippen molar-refractivity contribution in [1.29, 1.82) is 5.41 Å². The van der Waals surface area contributed by atoms with Crippen LogP contribution in [-0.4, -0.2) is 31.6 Å². The summed E-state index contributed by atoms with van der Waals surface area (Å²) in [5, 5.41) is 6.82. The van der Waals surface area contributed by atoms with Crippen molar-refractivity contribution in [2.45, 2.75) is 19.8 Å². The van der Waals surface area contributed by atoms with Gasteiger partial charge in [0.25, 0.3) is 0 Å². The first-order valence-electron chi connectivity index (χ1n) is 4.23. The van der Waals surface area contributed by atoms with Crippen LogP contribution in [0.2, 0.25) is 0 Å². The highest BCUT2D eigenvalue weighted by Gasteiger charge is 2.03. The molecule has 0 atom stereocenters. The second kappa shape index (κ2) is 7.54. The topological polar surface area (TPSA) is 85.4 Å². The molecule has 3 N–H and O–H groups in total. The SMILES string of the molecule is CCCOCCOC(=O)CC(=N)N. The van der Waals surface area contributed by atoms with Crippen LogP contribution in [0.1, 0.15) is 19.8 Å². The number of nitrogens with two attached hydrogens (primary N) is 1. The van der Waals surface area contributed by atoms with Gasteiger partial charge in [-0.25, -0.2) is 0 Å². The quantitative estimate of drug-likeness (QED) is 0.260. The highest BCUT2D eigenvalue weighted by molar-refractivity contribution is 5.94. The molecule has 0 saturated heterocycles. The Hall–Kier alpha value is -1.10. The molecule has 76 valence electrons. The van der Waals surface area contributed by atoms with Crippen LogP contribution >= 0.6 is 0 Å². The average Bonchev–Trinajstić information content (AvgIpc) is 2.02. The zero-order chi connectivity index (χ0) is 10.1. The summed E-state index contributed by atoms with van der Waals surface area (Å²) < 4.78 is 9.79. The average molecular weight is 188 g/mol. The molecule has 0 aromatic carbocycles. The normalized spacial score (nSPS) is 9.62. The third-order valence-corrected chi connectivity index (χ3v) is 1.17. The van der Waals surface area contributed by atoms with Crippen LogP contribution in [0.25, 0.3) is 0 Å². The van der Waals surface area contributed by atoms with E-state index < -0.39 is 5.97 Å². The summed E-state index contributed by atoms with van der Waals surface area (Å²) in [4.78, 5) is 10.8. The van der Waals surface area contributed by atoms with E-state index in [0.717, 1.165) is 6.42 Å². The molecule has 0 aromatic heterocycles. The molecule has 0 spiro atoms. The predicted molar refractivity (Wildman–Crippen MR) is 48.6 cm³/mol. The van der Waals surface area contributed by atoms with Crippen molar-refractivity contribution < 1.29 is 14.3 Å². The van der Waals surface area contributed by atoms with Gasteiger partial charge in [-0.1, -0.05) is 6.92 Å². The van der Waals surface area contributed by atoms with Crippen molar-refractivity contribution in [2.24, 2.45) is 5.73 Å². The molecule has 0 radical (unpaired) electrons. The maximum absolute atomic E-state index is 10.8. The van der Waals surface area contributed by atoms with Crippen LogP contribution in [0.4, 0.5) is 0 Å². The van der Waals surface area contributed by atoms with Gasteiger partial charge >= 0.3 is 5.97 Å². The fourth-order valence-electron chi connectivity index (χ4n) is 0.667. The van der Waals surface area contributed by atoms with Gasteiger partial charge in [0.15, 0.2) is 0 Å². The monoisotopic (exact) mass is 188 g/mol. The zero-order valence-electron chi connectivity index (χ0n) is 7.84. The van der Waals surface area contributed by atoms with E-state index in [9.17, 15) is 4.79 Å². The number of ether oxygens (including phenoxy) is 2. The minimum Gasteiger partial charge on any atom is -0.463 e. The Morgan fingerprint density at radius 1 is 1.38 bits per heavy atom. The second-order valence-corrected chi connectivity index (χ2v) is 2.53. The lowest BCUT2D eigenvalue weighted by Gasteiger charge is -2.04. The molecule has 0 unspecified atom stereocenters. The summed E-state index contributed by atoms with van der Waals surface area (Å²) >= 11 is 0. The Labute approximate surface area is 77.7 Å². The first-order chi connectivity index (χ1) is 6.16. The lowest BCUT2D eigenvalue weighted by atomic mass is 10.4. The van der Waals surface area contributed by atoms with E-state index >= 15 is 0 Å². The predicted octanol–water partition coefficient (Wildman–Crippen LogP) is 0.282. The number of hydrogen-bond acceptors (Lipinski definition) is 4. The molecular weight excluding hydrogens is 172 g/mol. The lowest BCUT2D eigenvalue weighted by Crippen LogP contribution is -2.19. The summed E-state index contributed by atoms with van der Waals surface area (Å²) in [6.07, 6.45) is 0.801. The highest BCUT2D eigenvalue weighted by atomic mass is 16.6. The van der Waals surface area contributed by atoms with Gasteiger partial charge in [0.05, 0.1) is 6.61 Å². The fourth-order valence-corrected chi connectivity index (χ4v) is 0.667. The van der Waals surface area contributed by atoms with E-state index in [4.69, 9.17) is 20.6 Å². The van der Waals surface area contributed by atoms with E-state index in [0.29, 0.717) is 13.2 Å². The maximum atomic E-state index is 10.8. The Kier molecular flexibility index (Phi) is 6.91. The number of carbonyl (C=O) groups excluding carboxylic acids is 1. The molecule has 5 nitrogen and oxygen atoms in total. The molecule has 0 rings (SSSR count). The number of carbonyl (C=O) groups is 1. The van der Waals surface area contributed by atoms with Crippen LogP contribution in [0, 0.1) is 5.41 Å². The summed E-state index contributed by atoms with van der Waals surface area (Å²) in [5.74, 6) is -0.660. The summed E-state index contributed by atoms with van der Waals surface area (Å²) in [6, 6.07) is 0. The number of amidine groups is 1. The summed E-state index contributed by atoms with van der Waals surface area (Å²) in [7, 11) is 0. The van der Waals surface area contributed by atoms with Gasteiger partial charge in [-0.2, -0.15) is 0 Å². The number of esters is 1. The Bertz CT molecular complexity index is 171. The van der Waals surface area contributed by atoms with Crippen molar-refractivity contribution in [3.63, 3.8) is 0 Å². The van der Waals surface area contributed by atoms with Gasteiger partial charge in [-0.15, -0.1) is 0 Å². The lowest BCUT2D eigenvalue weighted by molar-refractivity contribution is -0.143. The van der Waals surface area contributed by atoms with Crippen LogP contribution in [0.3, 0.4) is 0 Å². The Balaban J connectivity index is 3.22. The van der Waals surface area contributed by atoms with Crippen molar-refractivity contribution in [3.8, 4) is 0 Å². The standard InChI is InChI=1S/C8H16N2O3/c1-2-3-12-4-5-13-8(11)6-7(9)10/h2-6H2,1H3,(H3,9,10). The van der Waals surface area contributed by atoms with Gasteiger partial charge in [-0.05, 0) is 6.42 Å². The van der Waals surface area contributed by atoms with Gasteiger partial charge in [0.2, 0.25) is 0 Å². The Morgan fingerprint density at radius 3 is 2.62 bits per heavy atom. The molecular formula is C8H16N2O3. The molecule has 0 saturated carbocycles. The van der Waals surface area contributed by atoms with E-state index in [1.807, 2.05) is 6.92 Å². The number of hydrogen-bond donors (Lipinski definition) is 2. The second-order valence-electron chi connectivity index (χ2n) is 2.53. The van der Waals surface area contributed by atoms with Crippen molar-refractivity contribution in [1.82, 2.24) is 0 Å². The summed E-state index contributed by atoms with van der Waals surface area (Å²) in [6.45, 7) is 3.30. The van der Waals surface area contributed by atoms with E-state index in [-0.39, 0.29) is 18.9 Å². The molecule has 0 amide bonds. The van der Waals surface area contributed by atoms with E-state index in [1.54, 1.807) is 0 Å². The number of rotatable bonds is 7. The van der Waals surface area contributed by atoms with Crippen molar-refractivity contribution in [3.05, 3.63) is 0 Å². The van der Waals surface area contributed by atoms with Crippen LogP contribution in [0.5, 0.6) is 0 Å². The molecule has 0 aromatic rings. The first-order valence-corrected chi connectivity index (χ1v) is 4.23. The van der Waals surface area contributed by atoms with Gasteiger partial charge in [-0.3, -0.25) is 10.2 Å². The van der Waals surface area contributed by atoms with Crippen molar-refractivity contribution >= 4 is 11.8 Å². The molecule has 0 aliphatic rings. The fraction of sp³-hybridized carbons (Fsp3) is 0.750. The molecule has 0 heterocycles. The maximum Gasteiger partial charge on any atom is 0.313 e. The molecule has 0 aliphatic heterocycles. The minimum atomic E-state index is -0.479. The van der Waals surface area contributed by atoms with Crippen LogP contribution in [-0.2, 0) is 14.3 Å². The smallest absolute Gasteiger partial charge is 0.313 e. The van der Waals surface area contributed by atoms with Crippen LogP contribution in [0.15, 0.2) is 0 Å². The third-order valence-electron chi connectivity index (χ3n) is 1.17. The molecule has 0 aliphatic carbocycles. The largest absolute Gasteiger partial charge is 0.463 e. The minimum absolute atomic E-state index is 0.145. The van der Waals surface area contributed by atoms with Gasteiger partial charge < -0.3 is 15.2 Å². The van der Waals surface area contributed by atoms with E-state index in [1.165, 1.54) is 0 Å². The number of nitrogens with one attached hydrogen (secondary N) is 1. The molecule has 0 bridgehead atoms. The molecule has 13 heavy (non-hydrogen) atoms. The first kappa shape index (κ1) is 11.9.